The molecule has 1 aliphatic rings. The van der Waals surface area contributed by atoms with Crippen molar-refractivity contribution in [3.8, 4) is 0 Å². The Morgan fingerprint density at radius 1 is 1.43 bits per heavy atom. The molecule has 0 saturated carbocycles. The Morgan fingerprint density at radius 3 is 2.64 bits per heavy atom. The predicted octanol–water partition coefficient (Wildman–Crippen LogP) is 0.0300. The zero-order valence-electron chi connectivity index (χ0n) is 9.02. The monoisotopic (exact) mass is 201 g/mol. The van der Waals surface area contributed by atoms with Crippen molar-refractivity contribution in [3.05, 3.63) is 0 Å². The molecule has 3 N–H and O–H groups in total. The molecular formula is C9H19N3O2. The molecule has 1 heterocycles. The fourth-order valence-electron chi connectivity index (χ4n) is 1.18. The Bertz CT molecular complexity index is 195. The Kier molecular flexibility index (Phi) is 3.71. The van der Waals surface area contributed by atoms with Crippen molar-refractivity contribution in [2.75, 3.05) is 19.6 Å². The summed E-state index contributed by atoms with van der Waals surface area (Å²) in [4.78, 5) is 11.3. The maximum atomic E-state index is 11.3. The van der Waals surface area contributed by atoms with Gasteiger partial charge >= 0.3 is 6.09 Å². The molecule has 0 aromatic heterocycles. The number of alkyl carbamates (subject to hydrolysis) is 1. The van der Waals surface area contributed by atoms with E-state index in [2.05, 4.69) is 16.0 Å². The first-order chi connectivity index (χ1) is 6.47. The van der Waals surface area contributed by atoms with Gasteiger partial charge in [-0.2, -0.15) is 0 Å². The topological polar surface area (TPSA) is 62.4 Å². The molecule has 0 aromatic rings. The summed E-state index contributed by atoms with van der Waals surface area (Å²) in [6.45, 7) is 8.16. The molecule has 0 unspecified atom stereocenters. The van der Waals surface area contributed by atoms with Crippen LogP contribution in [-0.4, -0.2) is 37.5 Å². The normalized spacial score (nSPS) is 22.9. The van der Waals surface area contributed by atoms with Crippen molar-refractivity contribution < 1.29 is 9.53 Å². The number of nitrogens with one attached hydrogen (secondary N) is 3. The first kappa shape index (κ1) is 11.3. The van der Waals surface area contributed by atoms with Crippen LogP contribution in [-0.2, 0) is 4.74 Å². The second-order valence-corrected chi connectivity index (χ2v) is 4.43. The standard InChI is InChI=1S/C9H19N3O2/c1-9(2,3)12-8(13)14-7-6-10-4-5-11-7/h7,10-11H,4-6H2,1-3H3,(H,12,13)/t7-/m0/s1. The quantitative estimate of drug-likeness (QED) is 0.560. The van der Waals surface area contributed by atoms with E-state index in [0.717, 1.165) is 13.1 Å². The second kappa shape index (κ2) is 4.61. The molecule has 1 rings (SSSR count). The van der Waals surface area contributed by atoms with Gasteiger partial charge in [0.25, 0.3) is 0 Å². The van der Waals surface area contributed by atoms with Gasteiger partial charge in [-0.05, 0) is 20.8 Å². The van der Waals surface area contributed by atoms with Crippen LogP contribution in [0, 0.1) is 0 Å². The molecule has 5 nitrogen and oxygen atoms in total. The molecule has 82 valence electrons. The van der Waals surface area contributed by atoms with Gasteiger partial charge in [-0.1, -0.05) is 0 Å². The van der Waals surface area contributed by atoms with Crippen molar-refractivity contribution in [1.29, 1.82) is 0 Å². The first-order valence-electron chi connectivity index (χ1n) is 4.90. The number of hydrogen-bond acceptors (Lipinski definition) is 4. The Labute approximate surface area is 84.6 Å². The molecule has 0 aromatic carbocycles. The molecule has 0 aliphatic carbocycles. The van der Waals surface area contributed by atoms with E-state index in [4.69, 9.17) is 4.74 Å². The lowest BCUT2D eigenvalue weighted by atomic mass is 10.1. The van der Waals surface area contributed by atoms with Crippen LogP contribution in [0.2, 0.25) is 0 Å². The Morgan fingerprint density at radius 2 is 2.14 bits per heavy atom. The maximum absolute atomic E-state index is 11.3. The minimum atomic E-state index is -0.376. The van der Waals surface area contributed by atoms with Crippen LogP contribution >= 0.6 is 0 Å². The van der Waals surface area contributed by atoms with Gasteiger partial charge in [0.2, 0.25) is 0 Å². The van der Waals surface area contributed by atoms with Crippen LogP contribution in [0.25, 0.3) is 0 Å². The average Bonchev–Trinajstić information content (AvgIpc) is 2.02. The summed E-state index contributed by atoms with van der Waals surface area (Å²) in [6, 6.07) is 0. The molecule has 0 spiro atoms. The average molecular weight is 201 g/mol. The molecule has 0 radical (unpaired) electrons. The smallest absolute Gasteiger partial charge is 0.409 e. The third-order valence-corrected chi connectivity index (χ3v) is 1.73. The summed E-state index contributed by atoms with van der Waals surface area (Å²) < 4.78 is 5.14. The van der Waals surface area contributed by atoms with E-state index in [1.165, 1.54) is 0 Å². The molecular weight excluding hydrogens is 182 g/mol. The molecule has 0 bridgehead atoms. The number of amides is 1. The van der Waals surface area contributed by atoms with Crippen molar-refractivity contribution in [2.45, 2.75) is 32.5 Å². The third kappa shape index (κ3) is 4.43. The largest absolute Gasteiger partial charge is 0.429 e. The van der Waals surface area contributed by atoms with Gasteiger partial charge in [0.05, 0.1) is 0 Å². The van der Waals surface area contributed by atoms with E-state index in [0.29, 0.717) is 6.54 Å². The lowest BCUT2D eigenvalue weighted by molar-refractivity contribution is 0.0642. The summed E-state index contributed by atoms with van der Waals surface area (Å²) >= 11 is 0. The number of rotatable bonds is 1. The molecule has 14 heavy (non-hydrogen) atoms. The van der Waals surface area contributed by atoms with Gasteiger partial charge in [0.15, 0.2) is 6.23 Å². The van der Waals surface area contributed by atoms with Gasteiger partial charge < -0.3 is 15.4 Å². The minimum Gasteiger partial charge on any atom is -0.429 e. The first-order valence-corrected chi connectivity index (χ1v) is 4.90. The predicted molar refractivity (Wildman–Crippen MR) is 54.0 cm³/mol. The summed E-state index contributed by atoms with van der Waals surface area (Å²) in [5, 5.41) is 8.96. The summed E-state index contributed by atoms with van der Waals surface area (Å²) in [5.41, 5.74) is -0.251. The lowest BCUT2D eigenvalue weighted by Crippen LogP contribution is -2.52. The highest BCUT2D eigenvalue weighted by atomic mass is 16.6. The number of ether oxygens (including phenoxy) is 1. The number of hydrogen-bond donors (Lipinski definition) is 3. The highest BCUT2D eigenvalue weighted by Gasteiger charge is 2.19. The van der Waals surface area contributed by atoms with E-state index in [-0.39, 0.29) is 17.9 Å². The van der Waals surface area contributed by atoms with Crippen LogP contribution in [0.4, 0.5) is 4.79 Å². The van der Waals surface area contributed by atoms with Crippen molar-refractivity contribution in [3.63, 3.8) is 0 Å². The van der Waals surface area contributed by atoms with E-state index < -0.39 is 0 Å². The highest BCUT2D eigenvalue weighted by molar-refractivity contribution is 5.68. The molecule has 1 saturated heterocycles. The second-order valence-electron chi connectivity index (χ2n) is 4.43. The fraction of sp³-hybridized carbons (Fsp3) is 0.889. The molecule has 5 heteroatoms. The number of piperazine rings is 1. The lowest BCUT2D eigenvalue weighted by Gasteiger charge is -2.26. The van der Waals surface area contributed by atoms with Gasteiger partial charge in [0.1, 0.15) is 0 Å². The Hall–Kier alpha value is -0.810. The van der Waals surface area contributed by atoms with Gasteiger partial charge in [-0.25, -0.2) is 4.79 Å². The highest BCUT2D eigenvalue weighted by Crippen LogP contribution is 2.00. The molecule has 1 fully saturated rings. The van der Waals surface area contributed by atoms with Crippen LogP contribution < -0.4 is 16.0 Å². The van der Waals surface area contributed by atoms with Crippen LogP contribution in [0.1, 0.15) is 20.8 Å². The van der Waals surface area contributed by atoms with E-state index in [1.807, 2.05) is 20.8 Å². The summed E-state index contributed by atoms with van der Waals surface area (Å²) in [5.74, 6) is 0. The van der Waals surface area contributed by atoms with Gasteiger partial charge in [-0.15, -0.1) is 0 Å². The zero-order chi connectivity index (χ0) is 10.6. The van der Waals surface area contributed by atoms with Crippen molar-refractivity contribution >= 4 is 6.09 Å². The van der Waals surface area contributed by atoms with Crippen LogP contribution in [0.15, 0.2) is 0 Å². The summed E-state index contributed by atoms with van der Waals surface area (Å²) in [7, 11) is 0. The van der Waals surface area contributed by atoms with Gasteiger partial charge in [0, 0.05) is 25.2 Å². The zero-order valence-corrected chi connectivity index (χ0v) is 9.02. The van der Waals surface area contributed by atoms with E-state index >= 15 is 0 Å². The third-order valence-electron chi connectivity index (χ3n) is 1.73. The molecule has 1 amide bonds. The number of carbonyl (C=O) groups is 1. The van der Waals surface area contributed by atoms with Gasteiger partial charge in [-0.3, -0.25) is 5.32 Å². The van der Waals surface area contributed by atoms with E-state index in [1.54, 1.807) is 0 Å². The van der Waals surface area contributed by atoms with Crippen LogP contribution in [0.5, 0.6) is 0 Å². The fourth-order valence-corrected chi connectivity index (χ4v) is 1.18. The molecule has 1 atom stereocenters. The van der Waals surface area contributed by atoms with Crippen molar-refractivity contribution in [2.24, 2.45) is 0 Å². The summed E-state index contributed by atoms with van der Waals surface area (Å²) in [6.07, 6.45) is -0.593. The Balaban J connectivity index is 2.25. The maximum Gasteiger partial charge on any atom is 0.409 e. The van der Waals surface area contributed by atoms with Crippen molar-refractivity contribution in [1.82, 2.24) is 16.0 Å². The van der Waals surface area contributed by atoms with Crippen LogP contribution in [0.3, 0.4) is 0 Å². The SMILES string of the molecule is CC(C)(C)NC(=O)O[C@H]1CNCCN1. The van der Waals surface area contributed by atoms with E-state index in [9.17, 15) is 4.79 Å². The molecule has 1 aliphatic heterocycles. The number of carbonyl (C=O) groups excluding carboxylic acids is 1. The minimum absolute atomic E-state index is 0.217.